The lowest BCUT2D eigenvalue weighted by atomic mass is 9.96. The number of carbonyl (C=O) groups excluding carboxylic acids is 2. The summed E-state index contributed by atoms with van der Waals surface area (Å²) < 4.78 is 26.8. The second kappa shape index (κ2) is 8.58. The first kappa shape index (κ1) is 20.1. The number of hydrogen-bond donors (Lipinski definition) is 0. The Morgan fingerprint density at radius 3 is 2.30 bits per heavy atom. The Labute approximate surface area is 164 Å². The molecule has 2 saturated heterocycles. The van der Waals surface area contributed by atoms with Crippen LogP contribution in [-0.4, -0.2) is 74.1 Å². The highest BCUT2D eigenvalue weighted by atomic mass is 35.5. The van der Waals surface area contributed by atoms with Crippen molar-refractivity contribution >= 4 is 33.9 Å². The van der Waals surface area contributed by atoms with E-state index in [9.17, 15) is 18.0 Å². The van der Waals surface area contributed by atoms with Crippen LogP contribution in [0.2, 0.25) is 5.02 Å². The van der Waals surface area contributed by atoms with E-state index in [4.69, 9.17) is 11.6 Å². The molecule has 0 spiro atoms. The Morgan fingerprint density at radius 2 is 1.70 bits per heavy atom. The second-order valence-corrected chi connectivity index (χ2v) is 9.36. The van der Waals surface area contributed by atoms with Crippen molar-refractivity contribution in [3.63, 3.8) is 0 Å². The predicted molar refractivity (Wildman–Crippen MR) is 103 cm³/mol. The molecule has 0 atom stereocenters. The number of benzene rings is 1. The molecule has 2 amide bonds. The van der Waals surface area contributed by atoms with E-state index in [2.05, 4.69) is 0 Å². The van der Waals surface area contributed by atoms with Crippen LogP contribution in [-0.2, 0) is 25.4 Å². The predicted octanol–water partition coefficient (Wildman–Crippen LogP) is 1.18. The maximum Gasteiger partial charge on any atom is 0.225 e. The first-order chi connectivity index (χ1) is 12.9. The van der Waals surface area contributed by atoms with Crippen LogP contribution in [0.15, 0.2) is 24.3 Å². The molecule has 7 nitrogen and oxygen atoms in total. The zero-order valence-corrected chi connectivity index (χ0v) is 16.7. The largest absolute Gasteiger partial charge is 0.342 e. The van der Waals surface area contributed by atoms with E-state index in [-0.39, 0.29) is 17.6 Å². The minimum absolute atomic E-state index is 0.0729. The molecule has 0 aromatic heterocycles. The molecular weight excluding hydrogens is 390 g/mol. The molecule has 148 valence electrons. The third kappa shape index (κ3) is 4.80. The summed E-state index contributed by atoms with van der Waals surface area (Å²) in [4.78, 5) is 26.9. The lowest BCUT2D eigenvalue weighted by Gasteiger charge is -2.37. The third-order valence-electron chi connectivity index (χ3n) is 5.27. The van der Waals surface area contributed by atoms with Crippen LogP contribution in [0, 0.1) is 5.92 Å². The Hall–Kier alpha value is -1.64. The van der Waals surface area contributed by atoms with Crippen LogP contribution in [0.5, 0.6) is 0 Å². The highest BCUT2D eigenvalue weighted by Crippen LogP contribution is 2.25. The minimum Gasteiger partial charge on any atom is -0.342 e. The maximum absolute atomic E-state index is 12.7. The van der Waals surface area contributed by atoms with E-state index in [1.165, 1.54) is 4.31 Å². The van der Waals surface area contributed by atoms with E-state index in [1.807, 2.05) is 0 Å². The van der Waals surface area contributed by atoms with Gasteiger partial charge in [-0.1, -0.05) is 29.8 Å². The third-order valence-corrected chi connectivity index (χ3v) is 7.46. The van der Waals surface area contributed by atoms with Gasteiger partial charge in [-0.3, -0.25) is 9.59 Å². The Bertz CT molecular complexity index is 786. The van der Waals surface area contributed by atoms with Crippen molar-refractivity contribution < 1.29 is 18.0 Å². The quantitative estimate of drug-likeness (QED) is 0.679. The zero-order chi connectivity index (χ0) is 19.4. The minimum atomic E-state index is -3.47. The Kier molecular flexibility index (Phi) is 6.39. The molecule has 2 fully saturated rings. The molecule has 1 aromatic carbocycles. The normalized spacial score (nSPS) is 19.9. The van der Waals surface area contributed by atoms with Gasteiger partial charge in [-0.2, -0.15) is 0 Å². The molecule has 9 heteroatoms. The van der Waals surface area contributed by atoms with E-state index in [0.717, 1.165) is 6.41 Å². The van der Waals surface area contributed by atoms with Crippen LogP contribution in [0.25, 0.3) is 0 Å². The highest BCUT2D eigenvalue weighted by molar-refractivity contribution is 7.88. The van der Waals surface area contributed by atoms with Crippen molar-refractivity contribution in [3.8, 4) is 0 Å². The fourth-order valence-electron chi connectivity index (χ4n) is 3.59. The van der Waals surface area contributed by atoms with E-state index < -0.39 is 10.0 Å². The molecule has 0 unspecified atom stereocenters. The number of rotatable bonds is 5. The number of carbonyl (C=O) groups is 2. The molecule has 2 aliphatic rings. The van der Waals surface area contributed by atoms with Gasteiger partial charge in [-0.05, 0) is 24.5 Å². The van der Waals surface area contributed by atoms with Gasteiger partial charge in [-0.25, -0.2) is 12.7 Å². The first-order valence-electron chi connectivity index (χ1n) is 9.10. The van der Waals surface area contributed by atoms with Crippen molar-refractivity contribution in [3.05, 3.63) is 34.9 Å². The van der Waals surface area contributed by atoms with E-state index in [1.54, 1.807) is 34.1 Å². The van der Waals surface area contributed by atoms with Gasteiger partial charge in [-0.15, -0.1) is 0 Å². The standard InChI is InChI=1S/C18H24ClN3O4S/c19-17-4-2-1-3-16(17)13-27(25,26)22-7-5-15(6-8-22)18(24)21-11-9-20(14-23)10-12-21/h1-4,14-15H,5-13H2. The van der Waals surface area contributed by atoms with Gasteiger partial charge in [0.2, 0.25) is 22.3 Å². The molecular formula is C18H24ClN3O4S. The van der Waals surface area contributed by atoms with Crippen molar-refractivity contribution in [1.29, 1.82) is 0 Å². The van der Waals surface area contributed by atoms with Crippen LogP contribution >= 0.6 is 11.6 Å². The molecule has 0 saturated carbocycles. The smallest absolute Gasteiger partial charge is 0.225 e. The summed E-state index contributed by atoms with van der Waals surface area (Å²) in [6, 6.07) is 6.94. The summed E-state index contributed by atoms with van der Waals surface area (Å²) in [5.41, 5.74) is 0.588. The molecule has 2 aliphatic heterocycles. The van der Waals surface area contributed by atoms with Gasteiger partial charge in [0.05, 0.1) is 5.75 Å². The molecule has 2 heterocycles. The maximum atomic E-state index is 12.7. The van der Waals surface area contributed by atoms with E-state index in [0.29, 0.717) is 62.7 Å². The molecule has 3 rings (SSSR count). The van der Waals surface area contributed by atoms with Gasteiger partial charge >= 0.3 is 0 Å². The molecule has 0 radical (unpaired) electrons. The lowest BCUT2D eigenvalue weighted by molar-refractivity contribution is -0.140. The number of hydrogen-bond acceptors (Lipinski definition) is 4. The summed E-state index contributed by atoms with van der Waals surface area (Å²) >= 11 is 6.08. The van der Waals surface area contributed by atoms with Crippen molar-refractivity contribution in [1.82, 2.24) is 14.1 Å². The van der Waals surface area contributed by atoms with Crippen molar-refractivity contribution in [2.45, 2.75) is 18.6 Å². The van der Waals surface area contributed by atoms with Gasteiger partial charge in [0.25, 0.3) is 0 Å². The average Bonchev–Trinajstić information content (AvgIpc) is 2.69. The van der Waals surface area contributed by atoms with Crippen LogP contribution in [0.4, 0.5) is 0 Å². The molecule has 27 heavy (non-hydrogen) atoms. The summed E-state index contributed by atoms with van der Waals surface area (Å²) in [7, 11) is -3.47. The van der Waals surface area contributed by atoms with Crippen LogP contribution in [0.1, 0.15) is 18.4 Å². The topological polar surface area (TPSA) is 78.0 Å². The van der Waals surface area contributed by atoms with E-state index >= 15 is 0 Å². The monoisotopic (exact) mass is 413 g/mol. The molecule has 0 bridgehead atoms. The van der Waals surface area contributed by atoms with Crippen molar-refractivity contribution in [2.75, 3.05) is 39.3 Å². The number of halogens is 1. The van der Waals surface area contributed by atoms with Crippen LogP contribution < -0.4 is 0 Å². The fourth-order valence-corrected chi connectivity index (χ4v) is 5.47. The fraction of sp³-hybridized carbons (Fsp3) is 0.556. The molecule has 0 N–H and O–H groups in total. The van der Waals surface area contributed by atoms with Gasteiger partial charge in [0, 0.05) is 50.2 Å². The second-order valence-electron chi connectivity index (χ2n) is 6.99. The average molecular weight is 414 g/mol. The Morgan fingerprint density at radius 1 is 1.07 bits per heavy atom. The zero-order valence-electron chi connectivity index (χ0n) is 15.1. The van der Waals surface area contributed by atoms with Crippen molar-refractivity contribution in [2.24, 2.45) is 5.92 Å². The summed E-state index contributed by atoms with van der Waals surface area (Å²) in [6.07, 6.45) is 1.85. The molecule has 1 aromatic rings. The van der Waals surface area contributed by atoms with Crippen LogP contribution in [0.3, 0.4) is 0 Å². The summed E-state index contributed by atoms with van der Waals surface area (Å²) in [6.45, 7) is 2.89. The number of nitrogens with zero attached hydrogens (tertiary/aromatic N) is 3. The number of piperidine rings is 1. The summed E-state index contributed by atoms with van der Waals surface area (Å²) in [5, 5.41) is 0.445. The highest BCUT2D eigenvalue weighted by Gasteiger charge is 2.34. The van der Waals surface area contributed by atoms with Gasteiger partial charge in [0.15, 0.2) is 0 Å². The number of piperazine rings is 1. The number of amides is 2. The number of sulfonamides is 1. The lowest BCUT2D eigenvalue weighted by Crippen LogP contribution is -2.51. The SMILES string of the molecule is O=CN1CCN(C(=O)C2CCN(S(=O)(=O)Cc3ccccc3Cl)CC2)CC1. The first-order valence-corrected chi connectivity index (χ1v) is 11.1. The Balaban J connectivity index is 1.54. The summed E-state index contributed by atoms with van der Waals surface area (Å²) in [5.74, 6) is -0.206. The van der Waals surface area contributed by atoms with Gasteiger partial charge in [0.1, 0.15) is 0 Å². The van der Waals surface area contributed by atoms with Gasteiger partial charge < -0.3 is 9.80 Å². The molecule has 0 aliphatic carbocycles.